The minimum Gasteiger partial charge on any atom is -0.387 e. The molecule has 5 heteroatoms. The second-order valence-corrected chi connectivity index (χ2v) is 6.02. The Morgan fingerprint density at radius 2 is 1.48 bits per heavy atom. The van der Waals surface area contributed by atoms with Gasteiger partial charge in [-0.3, -0.25) is 0 Å². The molecule has 1 aliphatic rings. The summed E-state index contributed by atoms with van der Waals surface area (Å²) in [5, 5.41) is 10.7. The van der Waals surface area contributed by atoms with Gasteiger partial charge in [-0.25, -0.2) is 0 Å². The van der Waals surface area contributed by atoms with Gasteiger partial charge < -0.3 is 24.1 Å². The fraction of sp³-hybridized carbons (Fsp3) is 0.400. The molecule has 1 saturated heterocycles. The van der Waals surface area contributed by atoms with Crippen molar-refractivity contribution in [1.29, 1.82) is 0 Å². The number of aliphatic hydroxyl groups excluding tert-OH is 1. The number of hydrogen-bond acceptors (Lipinski definition) is 5. The SMILES string of the molecule is CO[C@@H]1OC[C@@H](OCc2ccccc2)[C@H](O)[C@H]1OCc1ccccc1. The Balaban J connectivity index is 1.59. The van der Waals surface area contributed by atoms with Crippen LogP contribution in [0.2, 0.25) is 0 Å². The highest BCUT2D eigenvalue weighted by Gasteiger charge is 2.41. The van der Waals surface area contributed by atoms with Crippen LogP contribution in [0.15, 0.2) is 60.7 Å². The summed E-state index contributed by atoms with van der Waals surface area (Å²) in [6.07, 6.45) is -2.52. The number of methoxy groups -OCH3 is 1. The van der Waals surface area contributed by atoms with Crippen molar-refractivity contribution < 1.29 is 24.1 Å². The Bertz CT molecular complexity index is 618. The lowest BCUT2D eigenvalue weighted by Gasteiger charge is -2.39. The van der Waals surface area contributed by atoms with Crippen LogP contribution in [-0.4, -0.2) is 43.4 Å². The van der Waals surface area contributed by atoms with E-state index in [9.17, 15) is 5.11 Å². The molecule has 0 bridgehead atoms. The molecule has 134 valence electrons. The topological polar surface area (TPSA) is 57.2 Å². The molecular formula is C20H24O5. The van der Waals surface area contributed by atoms with E-state index >= 15 is 0 Å². The zero-order valence-corrected chi connectivity index (χ0v) is 14.3. The van der Waals surface area contributed by atoms with E-state index in [4.69, 9.17) is 18.9 Å². The lowest BCUT2D eigenvalue weighted by molar-refractivity contribution is -0.283. The van der Waals surface area contributed by atoms with E-state index in [1.165, 1.54) is 0 Å². The molecule has 0 amide bonds. The monoisotopic (exact) mass is 344 g/mol. The molecule has 0 aliphatic carbocycles. The van der Waals surface area contributed by atoms with Crippen LogP contribution >= 0.6 is 0 Å². The number of aliphatic hydroxyl groups is 1. The third-order valence-electron chi connectivity index (χ3n) is 4.24. The van der Waals surface area contributed by atoms with Crippen molar-refractivity contribution >= 4 is 0 Å². The molecule has 3 rings (SSSR count). The maximum atomic E-state index is 10.7. The highest BCUT2D eigenvalue weighted by atomic mass is 16.7. The molecule has 2 aromatic rings. The molecule has 0 saturated carbocycles. The van der Waals surface area contributed by atoms with Crippen LogP contribution in [-0.2, 0) is 32.2 Å². The fourth-order valence-electron chi connectivity index (χ4n) is 2.83. The van der Waals surface area contributed by atoms with Crippen molar-refractivity contribution in [3.05, 3.63) is 71.8 Å². The van der Waals surface area contributed by atoms with E-state index in [0.29, 0.717) is 13.2 Å². The highest BCUT2D eigenvalue weighted by Crippen LogP contribution is 2.23. The van der Waals surface area contributed by atoms with Gasteiger partial charge in [0, 0.05) is 7.11 Å². The van der Waals surface area contributed by atoms with Crippen LogP contribution in [0.3, 0.4) is 0 Å². The van der Waals surface area contributed by atoms with Crippen LogP contribution in [0.4, 0.5) is 0 Å². The highest BCUT2D eigenvalue weighted by molar-refractivity contribution is 5.14. The van der Waals surface area contributed by atoms with Gasteiger partial charge in [-0.15, -0.1) is 0 Å². The number of rotatable bonds is 7. The molecule has 5 nitrogen and oxygen atoms in total. The summed E-state index contributed by atoms with van der Waals surface area (Å²) >= 11 is 0. The Morgan fingerprint density at radius 1 is 0.920 bits per heavy atom. The van der Waals surface area contributed by atoms with Crippen LogP contribution in [0.1, 0.15) is 11.1 Å². The molecule has 4 atom stereocenters. The van der Waals surface area contributed by atoms with Gasteiger partial charge in [-0.2, -0.15) is 0 Å². The van der Waals surface area contributed by atoms with Crippen molar-refractivity contribution in [2.45, 2.75) is 37.8 Å². The first-order chi connectivity index (χ1) is 12.3. The van der Waals surface area contributed by atoms with E-state index in [1.54, 1.807) is 7.11 Å². The average molecular weight is 344 g/mol. The quantitative estimate of drug-likeness (QED) is 0.836. The second kappa shape index (κ2) is 9.08. The van der Waals surface area contributed by atoms with E-state index in [-0.39, 0.29) is 6.61 Å². The summed E-state index contributed by atoms with van der Waals surface area (Å²) in [6, 6.07) is 19.6. The standard InChI is InChI=1S/C20H24O5/c1-22-20-19(24-13-16-10-6-3-7-11-16)18(21)17(14-25-20)23-12-15-8-4-2-5-9-15/h2-11,17-21H,12-14H2,1H3/t17-,18+,19-,20-/m1/s1. The van der Waals surface area contributed by atoms with Crippen LogP contribution in [0, 0.1) is 0 Å². The molecule has 0 radical (unpaired) electrons. The largest absolute Gasteiger partial charge is 0.387 e. The van der Waals surface area contributed by atoms with Crippen molar-refractivity contribution in [2.75, 3.05) is 13.7 Å². The normalized spacial score (nSPS) is 26.5. The maximum Gasteiger partial charge on any atom is 0.186 e. The zero-order chi connectivity index (χ0) is 17.5. The Hall–Kier alpha value is -1.76. The van der Waals surface area contributed by atoms with Gasteiger partial charge in [0.15, 0.2) is 6.29 Å². The molecule has 25 heavy (non-hydrogen) atoms. The van der Waals surface area contributed by atoms with Crippen LogP contribution < -0.4 is 0 Å². The third-order valence-corrected chi connectivity index (χ3v) is 4.24. The number of benzene rings is 2. The van der Waals surface area contributed by atoms with Gasteiger partial charge in [0.2, 0.25) is 0 Å². The second-order valence-electron chi connectivity index (χ2n) is 6.02. The van der Waals surface area contributed by atoms with Gasteiger partial charge in [-0.1, -0.05) is 60.7 Å². The molecule has 0 aromatic heterocycles. The third kappa shape index (κ3) is 4.87. The van der Waals surface area contributed by atoms with Gasteiger partial charge in [0.05, 0.1) is 19.8 Å². The van der Waals surface area contributed by atoms with Gasteiger partial charge in [0.1, 0.15) is 18.3 Å². The molecule has 1 aliphatic heterocycles. The first-order valence-corrected chi connectivity index (χ1v) is 8.41. The summed E-state index contributed by atoms with van der Waals surface area (Å²) < 4.78 is 22.7. The van der Waals surface area contributed by atoms with Crippen LogP contribution in [0.5, 0.6) is 0 Å². The van der Waals surface area contributed by atoms with Crippen molar-refractivity contribution in [3.8, 4) is 0 Å². The fourth-order valence-corrected chi connectivity index (χ4v) is 2.83. The van der Waals surface area contributed by atoms with Gasteiger partial charge >= 0.3 is 0 Å². The molecule has 1 N–H and O–H groups in total. The van der Waals surface area contributed by atoms with Gasteiger partial charge in [0.25, 0.3) is 0 Å². The molecule has 1 fully saturated rings. The Kier molecular flexibility index (Phi) is 6.55. The maximum absolute atomic E-state index is 10.7. The summed E-state index contributed by atoms with van der Waals surface area (Å²) in [4.78, 5) is 0. The summed E-state index contributed by atoms with van der Waals surface area (Å²) in [7, 11) is 1.54. The van der Waals surface area contributed by atoms with E-state index in [0.717, 1.165) is 11.1 Å². The Morgan fingerprint density at radius 3 is 2.04 bits per heavy atom. The lowest BCUT2D eigenvalue weighted by atomic mass is 10.0. The van der Waals surface area contributed by atoms with E-state index in [2.05, 4.69) is 0 Å². The Labute approximate surface area is 148 Å². The first-order valence-electron chi connectivity index (χ1n) is 8.41. The molecule has 0 unspecified atom stereocenters. The summed E-state index contributed by atoms with van der Waals surface area (Å²) in [5.41, 5.74) is 2.07. The smallest absolute Gasteiger partial charge is 0.186 e. The molecule has 1 heterocycles. The van der Waals surface area contributed by atoms with Gasteiger partial charge in [-0.05, 0) is 11.1 Å². The van der Waals surface area contributed by atoms with Crippen LogP contribution in [0.25, 0.3) is 0 Å². The number of ether oxygens (including phenoxy) is 4. The van der Waals surface area contributed by atoms with E-state index in [1.807, 2.05) is 60.7 Å². The predicted octanol–water partition coefficient (Wildman–Crippen LogP) is 2.52. The van der Waals surface area contributed by atoms with Crippen molar-refractivity contribution in [1.82, 2.24) is 0 Å². The van der Waals surface area contributed by atoms with Crippen molar-refractivity contribution in [2.24, 2.45) is 0 Å². The molecule has 2 aromatic carbocycles. The predicted molar refractivity (Wildman–Crippen MR) is 92.8 cm³/mol. The van der Waals surface area contributed by atoms with Crippen molar-refractivity contribution in [3.63, 3.8) is 0 Å². The minimum absolute atomic E-state index is 0.262. The van der Waals surface area contributed by atoms with E-state index < -0.39 is 24.6 Å². The summed E-state index contributed by atoms with van der Waals surface area (Å²) in [6.45, 7) is 1.05. The molecular weight excluding hydrogens is 320 g/mol. The lowest BCUT2D eigenvalue weighted by Crippen LogP contribution is -2.55. The number of hydrogen-bond donors (Lipinski definition) is 1. The summed E-state index contributed by atoms with van der Waals surface area (Å²) in [5.74, 6) is 0. The zero-order valence-electron chi connectivity index (χ0n) is 14.3. The average Bonchev–Trinajstić information content (AvgIpc) is 2.67. The minimum atomic E-state index is -0.828. The molecule has 0 spiro atoms. The first kappa shape index (κ1) is 18.0.